The van der Waals surface area contributed by atoms with Gasteiger partial charge in [0.2, 0.25) is 0 Å². The molecular weight excluding hydrogens is 248 g/mol. The molecule has 2 aromatic carbocycles. The summed E-state index contributed by atoms with van der Waals surface area (Å²) in [6, 6.07) is 15.0. The van der Waals surface area contributed by atoms with Gasteiger partial charge in [0.05, 0.1) is 0 Å². The standard InChI is InChI=1S/C18H18O2/c1-2-3-7-18(20)17-6-4-5-16(12-17)15-10-8-14(13-19)9-11-15/h4-6,8-13H,2-3,7H2,1H3. The highest BCUT2D eigenvalue weighted by Gasteiger charge is 2.06. The number of hydrogen-bond donors (Lipinski definition) is 0. The van der Waals surface area contributed by atoms with E-state index in [4.69, 9.17) is 0 Å². The van der Waals surface area contributed by atoms with Gasteiger partial charge in [0.25, 0.3) is 0 Å². The van der Waals surface area contributed by atoms with Crippen LogP contribution in [0.1, 0.15) is 46.9 Å². The average Bonchev–Trinajstić information content (AvgIpc) is 2.52. The van der Waals surface area contributed by atoms with E-state index < -0.39 is 0 Å². The fourth-order valence-corrected chi connectivity index (χ4v) is 2.11. The van der Waals surface area contributed by atoms with Crippen LogP contribution in [0, 0.1) is 0 Å². The number of ketones is 1. The smallest absolute Gasteiger partial charge is 0.162 e. The van der Waals surface area contributed by atoms with Crippen molar-refractivity contribution in [1.29, 1.82) is 0 Å². The van der Waals surface area contributed by atoms with Crippen molar-refractivity contribution in [3.63, 3.8) is 0 Å². The van der Waals surface area contributed by atoms with Crippen molar-refractivity contribution < 1.29 is 9.59 Å². The van der Waals surface area contributed by atoms with Crippen molar-refractivity contribution in [2.75, 3.05) is 0 Å². The molecule has 0 N–H and O–H groups in total. The first-order valence-electron chi connectivity index (χ1n) is 6.93. The second-order valence-corrected chi connectivity index (χ2v) is 4.85. The molecule has 0 saturated heterocycles. The lowest BCUT2D eigenvalue weighted by molar-refractivity contribution is 0.0979. The fraction of sp³-hybridized carbons (Fsp3) is 0.222. The van der Waals surface area contributed by atoms with Crippen molar-refractivity contribution in [2.45, 2.75) is 26.2 Å². The van der Waals surface area contributed by atoms with Crippen LogP contribution < -0.4 is 0 Å². The Morgan fingerprint density at radius 2 is 1.80 bits per heavy atom. The molecule has 0 atom stereocenters. The fourth-order valence-electron chi connectivity index (χ4n) is 2.11. The first-order chi connectivity index (χ1) is 9.74. The van der Waals surface area contributed by atoms with E-state index in [0.717, 1.165) is 35.8 Å². The predicted molar refractivity (Wildman–Crippen MR) is 81.1 cm³/mol. The number of carbonyl (C=O) groups is 2. The molecule has 0 fully saturated rings. The molecule has 2 rings (SSSR count). The molecule has 2 aromatic rings. The molecule has 2 nitrogen and oxygen atoms in total. The molecule has 0 bridgehead atoms. The summed E-state index contributed by atoms with van der Waals surface area (Å²) in [6.45, 7) is 2.08. The van der Waals surface area contributed by atoms with Crippen LogP contribution in [0.15, 0.2) is 48.5 Å². The first-order valence-corrected chi connectivity index (χ1v) is 6.93. The Morgan fingerprint density at radius 1 is 1.05 bits per heavy atom. The van der Waals surface area contributed by atoms with Gasteiger partial charge in [-0.2, -0.15) is 0 Å². The topological polar surface area (TPSA) is 34.1 Å². The minimum Gasteiger partial charge on any atom is -0.298 e. The van der Waals surface area contributed by atoms with Gasteiger partial charge >= 0.3 is 0 Å². The van der Waals surface area contributed by atoms with Gasteiger partial charge in [0, 0.05) is 17.5 Å². The number of carbonyl (C=O) groups excluding carboxylic acids is 2. The van der Waals surface area contributed by atoms with Gasteiger partial charge in [0.15, 0.2) is 5.78 Å². The van der Waals surface area contributed by atoms with Crippen molar-refractivity contribution >= 4 is 12.1 Å². The van der Waals surface area contributed by atoms with Gasteiger partial charge < -0.3 is 0 Å². The highest BCUT2D eigenvalue weighted by Crippen LogP contribution is 2.21. The minimum absolute atomic E-state index is 0.193. The molecule has 0 aliphatic rings. The molecule has 0 aromatic heterocycles. The molecule has 0 unspecified atom stereocenters. The zero-order chi connectivity index (χ0) is 14.4. The number of aldehydes is 1. The van der Waals surface area contributed by atoms with Crippen LogP contribution in [0.5, 0.6) is 0 Å². The molecule has 0 amide bonds. The summed E-state index contributed by atoms with van der Waals surface area (Å²) in [5.74, 6) is 0.193. The van der Waals surface area contributed by atoms with Crippen molar-refractivity contribution in [1.82, 2.24) is 0 Å². The minimum atomic E-state index is 0.193. The Bertz CT molecular complexity index is 597. The molecular formula is C18H18O2. The maximum absolute atomic E-state index is 12.0. The van der Waals surface area contributed by atoms with E-state index in [2.05, 4.69) is 6.92 Å². The quantitative estimate of drug-likeness (QED) is 0.568. The molecule has 2 heteroatoms. The van der Waals surface area contributed by atoms with Crippen LogP contribution in [0.3, 0.4) is 0 Å². The van der Waals surface area contributed by atoms with Crippen LogP contribution in [0.25, 0.3) is 11.1 Å². The number of unbranched alkanes of at least 4 members (excludes halogenated alkanes) is 1. The second-order valence-electron chi connectivity index (χ2n) is 4.85. The summed E-state index contributed by atoms with van der Waals surface area (Å²) in [5.41, 5.74) is 3.44. The molecule has 0 heterocycles. The number of rotatable bonds is 6. The van der Waals surface area contributed by atoms with Crippen LogP contribution in [-0.4, -0.2) is 12.1 Å². The average molecular weight is 266 g/mol. The summed E-state index contributed by atoms with van der Waals surface area (Å²) in [6.07, 6.45) is 3.38. The lowest BCUT2D eigenvalue weighted by Gasteiger charge is -2.05. The number of Topliss-reactive ketones (excluding diaryl/α,β-unsaturated/α-hetero) is 1. The highest BCUT2D eigenvalue weighted by atomic mass is 16.1. The Labute approximate surface area is 119 Å². The zero-order valence-electron chi connectivity index (χ0n) is 11.6. The highest BCUT2D eigenvalue weighted by molar-refractivity contribution is 5.97. The van der Waals surface area contributed by atoms with Crippen LogP contribution in [-0.2, 0) is 0 Å². The SMILES string of the molecule is CCCCC(=O)c1cccc(-c2ccc(C=O)cc2)c1. The van der Waals surface area contributed by atoms with Crippen molar-refractivity contribution in [3.05, 3.63) is 59.7 Å². The molecule has 0 radical (unpaired) electrons. The molecule has 0 saturated carbocycles. The van der Waals surface area contributed by atoms with Crippen LogP contribution >= 0.6 is 0 Å². The van der Waals surface area contributed by atoms with Gasteiger partial charge in [-0.25, -0.2) is 0 Å². The maximum Gasteiger partial charge on any atom is 0.162 e. The molecule has 0 aliphatic carbocycles. The molecule has 20 heavy (non-hydrogen) atoms. The molecule has 0 aliphatic heterocycles. The van der Waals surface area contributed by atoms with Crippen molar-refractivity contribution in [3.8, 4) is 11.1 Å². The van der Waals surface area contributed by atoms with E-state index >= 15 is 0 Å². The summed E-state index contributed by atoms with van der Waals surface area (Å²) in [4.78, 5) is 22.7. The third-order valence-corrected chi connectivity index (χ3v) is 3.32. The van der Waals surface area contributed by atoms with Gasteiger partial charge in [-0.15, -0.1) is 0 Å². The van der Waals surface area contributed by atoms with E-state index in [-0.39, 0.29) is 5.78 Å². The Morgan fingerprint density at radius 3 is 2.45 bits per heavy atom. The Kier molecular flexibility index (Phi) is 4.83. The van der Waals surface area contributed by atoms with Gasteiger partial charge in [-0.3, -0.25) is 9.59 Å². The van der Waals surface area contributed by atoms with Crippen LogP contribution in [0.2, 0.25) is 0 Å². The van der Waals surface area contributed by atoms with E-state index in [0.29, 0.717) is 12.0 Å². The third-order valence-electron chi connectivity index (χ3n) is 3.32. The zero-order valence-corrected chi connectivity index (χ0v) is 11.6. The van der Waals surface area contributed by atoms with Gasteiger partial charge in [-0.05, 0) is 23.6 Å². The van der Waals surface area contributed by atoms with E-state index in [9.17, 15) is 9.59 Å². The van der Waals surface area contributed by atoms with Crippen molar-refractivity contribution in [2.24, 2.45) is 0 Å². The first kappa shape index (κ1) is 14.2. The third kappa shape index (κ3) is 3.41. The summed E-state index contributed by atoms with van der Waals surface area (Å²) in [5, 5.41) is 0. The lowest BCUT2D eigenvalue weighted by atomic mass is 9.99. The van der Waals surface area contributed by atoms with Gasteiger partial charge in [-0.1, -0.05) is 55.8 Å². The van der Waals surface area contributed by atoms with Crippen LogP contribution in [0.4, 0.5) is 0 Å². The monoisotopic (exact) mass is 266 g/mol. The normalized spacial score (nSPS) is 10.2. The van der Waals surface area contributed by atoms with E-state index in [1.54, 1.807) is 12.1 Å². The Hall–Kier alpha value is -2.22. The Balaban J connectivity index is 2.24. The van der Waals surface area contributed by atoms with E-state index in [1.165, 1.54) is 0 Å². The number of benzene rings is 2. The number of hydrogen-bond acceptors (Lipinski definition) is 2. The molecule has 0 spiro atoms. The van der Waals surface area contributed by atoms with Gasteiger partial charge in [0.1, 0.15) is 6.29 Å². The predicted octanol–water partition coefficient (Wildman–Crippen LogP) is 4.54. The summed E-state index contributed by atoms with van der Waals surface area (Å²) in [7, 11) is 0. The molecule has 102 valence electrons. The lowest BCUT2D eigenvalue weighted by Crippen LogP contribution is -1.98. The second kappa shape index (κ2) is 6.80. The van der Waals surface area contributed by atoms with E-state index in [1.807, 2.05) is 36.4 Å². The largest absolute Gasteiger partial charge is 0.298 e. The summed E-state index contributed by atoms with van der Waals surface area (Å²) >= 11 is 0. The maximum atomic E-state index is 12.0. The summed E-state index contributed by atoms with van der Waals surface area (Å²) < 4.78 is 0.